The van der Waals surface area contributed by atoms with E-state index in [1.54, 1.807) is 4.90 Å². The molecule has 5 nitrogen and oxygen atoms in total. The van der Waals surface area contributed by atoms with Gasteiger partial charge in [-0.05, 0) is 31.9 Å². The van der Waals surface area contributed by atoms with Crippen molar-refractivity contribution in [3.05, 3.63) is 35.4 Å². The highest BCUT2D eigenvalue weighted by molar-refractivity contribution is 5.69. The van der Waals surface area contributed by atoms with E-state index in [0.717, 1.165) is 17.7 Å². The molecule has 0 saturated carbocycles. The fourth-order valence-corrected chi connectivity index (χ4v) is 2.49. The van der Waals surface area contributed by atoms with Crippen LogP contribution in [-0.2, 0) is 11.2 Å². The second kappa shape index (κ2) is 6.80. The molecular formula is C17H23N3O2. The fraction of sp³-hybridized carbons (Fsp3) is 0.529. The molecule has 1 fully saturated rings. The van der Waals surface area contributed by atoms with Crippen LogP contribution in [0.1, 0.15) is 37.9 Å². The molecule has 1 aliphatic rings. The summed E-state index contributed by atoms with van der Waals surface area (Å²) < 4.78 is 5.51. The lowest BCUT2D eigenvalue weighted by molar-refractivity contribution is 0.0118. The Labute approximate surface area is 131 Å². The number of amides is 1. The van der Waals surface area contributed by atoms with Gasteiger partial charge in [-0.3, -0.25) is 4.90 Å². The summed E-state index contributed by atoms with van der Waals surface area (Å²) in [4.78, 5) is 14.2. The third-order valence-corrected chi connectivity index (χ3v) is 3.52. The Hall–Kier alpha value is -2.06. The minimum Gasteiger partial charge on any atom is -0.444 e. The number of piperazine rings is 1. The Morgan fingerprint density at radius 2 is 2.09 bits per heavy atom. The number of nitrogens with zero attached hydrogens (tertiary/aromatic N) is 2. The molecular weight excluding hydrogens is 278 g/mol. The van der Waals surface area contributed by atoms with Gasteiger partial charge >= 0.3 is 6.09 Å². The van der Waals surface area contributed by atoms with E-state index in [2.05, 4.69) is 11.4 Å². The zero-order chi connectivity index (χ0) is 16.2. The topological polar surface area (TPSA) is 65.4 Å². The molecule has 1 aliphatic heterocycles. The highest BCUT2D eigenvalue weighted by Gasteiger charge is 2.31. The van der Waals surface area contributed by atoms with Crippen molar-refractivity contribution in [3.8, 4) is 6.07 Å². The van der Waals surface area contributed by atoms with E-state index in [0.29, 0.717) is 19.5 Å². The highest BCUT2D eigenvalue weighted by Crippen LogP contribution is 2.25. The molecule has 1 amide bonds. The Morgan fingerprint density at radius 1 is 1.41 bits per heavy atom. The van der Waals surface area contributed by atoms with Gasteiger partial charge in [0.05, 0.1) is 18.5 Å². The average molecular weight is 301 g/mol. The van der Waals surface area contributed by atoms with E-state index in [1.807, 2.05) is 45.0 Å². The van der Waals surface area contributed by atoms with Crippen molar-refractivity contribution < 1.29 is 9.53 Å². The van der Waals surface area contributed by atoms with E-state index in [1.165, 1.54) is 0 Å². The zero-order valence-corrected chi connectivity index (χ0v) is 13.4. The van der Waals surface area contributed by atoms with Gasteiger partial charge in [-0.2, -0.15) is 5.26 Å². The van der Waals surface area contributed by atoms with E-state index in [-0.39, 0.29) is 12.1 Å². The quantitative estimate of drug-likeness (QED) is 0.912. The fourth-order valence-electron chi connectivity index (χ4n) is 2.49. The first-order valence-electron chi connectivity index (χ1n) is 7.57. The molecule has 1 aromatic rings. The lowest BCUT2D eigenvalue weighted by atomic mass is 10.0. The number of ether oxygens (including phenoxy) is 1. The summed E-state index contributed by atoms with van der Waals surface area (Å²) >= 11 is 0. The maximum absolute atomic E-state index is 12.4. The number of hydrogen-bond acceptors (Lipinski definition) is 4. The Morgan fingerprint density at radius 3 is 2.68 bits per heavy atom. The number of nitrogens with one attached hydrogen (secondary N) is 1. The summed E-state index contributed by atoms with van der Waals surface area (Å²) in [7, 11) is 0. The number of carbonyl (C=O) groups is 1. The summed E-state index contributed by atoms with van der Waals surface area (Å²) in [5.41, 5.74) is 1.54. The van der Waals surface area contributed by atoms with Gasteiger partial charge in [-0.15, -0.1) is 0 Å². The molecule has 2 rings (SSSR count). The van der Waals surface area contributed by atoms with Crippen molar-refractivity contribution in [1.29, 1.82) is 5.26 Å². The van der Waals surface area contributed by atoms with Gasteiger partial charge in [-0.25, -0.2) is 4.79 Å². The van der Waals surface area contributed by atoms with Gasteiger partial charge in [0.15, 0.2) is 0 Å². The van der Waals surface area contributed by atoms with Crippen LogP contribution in [0.25, 0.3) is 0 Å². The number of benzene rings is 1. The Balaban J connectivity index is 2.15. The summed E-state index contributed by atoms with van der Waals surface area (Å²) in [6.45, 7) is 7.72. The minimum absolute atomic E-state index is 0.0419. The molecule has 1 heterocycles. The summed E-state index contributed by atoms with van der Waals surface area (Å²) in [5.74, 6) is 0. The smallest absolute Gasteiger partial charge is 0.410 e. The SMILES string of the molecule is CC(C)(C)OC(=O)N1CCNCC1c1ccc(CC#N)cc1. The van der Waals surface area contributed by atoms with Crippen LogP contribution in [0.5, 0.6) is 0 Å². The van der Waals surface area contributed by atoms with Crippen LogP contribution in [0.3, 0.4) is 0 Å². The second-order valence-electron chi connectivity index (χ2n) is 6.47. The van der Waals surface area contributed by atoms with Crippen molar-refractivity contribution in [1.82, 2.24) is 10.2 Å². The average Bonchev–Trinajstić information content (AvgIpc) is 2.47. The summed E-state index contributed by atoms with van der Waals surface area (Å²) in [6, 6.07) is 9.96. The van der Waals surface area contributed by atoms with E-state index < -0.39 is 5.60 Å². The minimum atomic E-state index is -0.497. The molecule has 0 aromatic heterocycles. The normalized spacial score (nSPS) is 18.6. The van der Waals surface area contributed by atoms with Crippen molar-refractivity contribution in [2.24, 2.45) is 0 Å². The monoisotopic (exact) mass is 301 g/mol. The first-order chi connectivity index (χ1) is 10.4. The lowest BCUT2D eigenvalue weighted by Crippen LogP contribution is -2.50. The molecule has 0 bridgehead atoms. The van der Waals surface area contributed by atoms with Gasteiger partial charge in [0.25, 0.3) is 0 Å². The van der Waals surface area contributed by atoms with Gasteiger partial charge in [0, 0.05) is 19.6 Å². The largest absolute Gasteiger partial charge is 0.444 e. The number of hydrogen-bond donors (Lipinski definition) is 1. The van der Waals surface area contributed by atoms with Gasteiger partial charge in [-0.1, -0.05) is 24.3 Å². The lowest BCUT2D eigenvalue weighted by Gasteiger charge is -2.37. The molecule has 1 aromatic carbocycles. The van der Waals surface area contributed by atoms with Crippen LogP contribution < -0.4 is 5.32 Å². The van der Waals surface area contributed by atoms with Crippen LogP contribution in [0.4, 0.5) is 4.79 Å². The zero-order valence-electron chi connectivity index (χ0n) is 13.4. The van der Waals surface area contributed by atoms with Crippen molar-refractivity contribution in [3.63, 3.8) is 0 Å². The molecule has 118 valence electrons. The summed E-state index contributed by atoms with van der Waals surface area (Å²) in [5, 5.41) is 12.1. The second-order valence-corrected chi connectivity index (χ2v) is 6.47. The molecule has 1 unspecified atom stereocenters. The maximum atomic E-state index is 12.4. The highest BCUT2D eigenvalue weighted by atomic mass is 16.6. The molecule has 22 heavy (non-hydrogen) atoms. The Kier molecular flexibility index (Phi) is 5.04. The molecule has 5 heteroatoms. The third kappa shape index (κ3) is 4.22. The first-order valence-corrected chi connectivity index (χ1v) is 7.57. The van der Waals surface area contributed by atoms with Crippen molar-refractivity contribution in [2.45, 2.75) is 38.8 Å². The van der Waals surface area contributed by atoms with Gasteiger partial charge in [0.2, 0.25) is 0 Å². The van der Waals surface area contributed by atoms with Crippen molar-refractivity contribution >= 4 is 6.09 Å². The van der Waals surface area contributed by atoms with Crippen LogP contribution in [0.15, 0.2) is 24.3 Å². The van der Waals surface area contributed by atoms with Gasteiger partial charge in [0.1, 0.15) is 5.60 Å². The molecule has 0 spiro atoms. The van der Waals surface area contributed by atoms with E-state index >= 15 is 0 Å². The summed E-state index contributed by atoms with van der Waals surface area (Å²) in [6.07, 6.45) is 0.124. The molecule has 1 saturated heterocycles. The first kappa shape index (κ1) is 16.3. The van der Waals surface area contributed by atoms with Crippen LogP contribution >= 0.6 is 0 Å². The third-order valence-electron chi connectivity index (χ3n) is 3.52. The Bertz CT molecular complexity index is 555. The number of carbonyl (C=O) groups excluding carboxylic acids is 1. The van der Waals surface area contributed by atoms with Crippen LogP contribution in [0.2, 0.25) is 0 Å². The predicted molar refractivity (Wildman–Crippen MR) is 84.3 cm³/mol. The van der Waals surface area contributed by atoms with E-state index in [4.69, 9.17) is 10.00 Å². The standard InChI is InChI=1S/C17H23N3O2/c1-17(2,3)22-16(21)20-11-10-19-12-15(20)14-6-4-13(5-7-14)8-9-18/h4-7,15,19H,8,10-12H2,1-3H3. The number of nitriles is 1. The van der Waals surface area contributed by atoms with E-state index in [9.17, 15) is 4.79 Å². The van der Waals surface area contributed by atoms with Crippen molar-refractivity contribution in [2.75, 3.05) is 19.6 Å². The van der Waals surface area contributed by atoms with Crippen LogP contribution in [-0.4, -0.2) is 36.2 Å². The molecule has 1 N–H and O–H groups in total. The maximum Gasteiger partial charge on any atom is 0.410 e. The molecule has 0 radical (unpaired) electrons. The van der Waals surface area contributed by atoms with Crippen LogP contribution in [0, 0.1) is 11.3 Å². The predicted octanol–water partition coefficient (Wildman–Crippen LogP) is 2.63. The molecule has 1 atom stereocenters. The molecule has 0 aliphatic carbocycles. The van der Waals surface area contributed by atoms with Gasteiger partial charge < -0.3 is 10.1 Å². The number of rotatable bonds is 2.